The first kappa shape index (κ1) is 15.6. The van der Waals surface area contributed by atoms with Gasteiger partial charge in [-0.15, -0.1) is 0 Å². The van der Waals surface area contributed by atoms with E-state index in [-0.39, 0.29) is 5.91 Å². The lowest BCUT2D eigenvalue weighted by Gasteiger charge is -2.21. The molecule has 0 amide bonds. The Morgan fingerprint density at radius 3 is 2.60 bits per heavy atom. The molecule has 4 heteroatoms. The molecule has 1 N–H and O–H groups in total. The third-order valence-corrected chi connectivity index (χ3v) is 5.04. The van der Waals surface area contributed by atoms with Crippen LogP contribution in [0.2, 0.25) is 0 Å². The Bertz CT molecular complexity index is 985. The normalized spacial score (nSPS) is 16.6. The van der Waals surface area contributed by atoms with Gasteiger partial charge in [-0.25, -0.2) is 0 Å². The molecule has 0 bridgehead atoms. The van der Waals surface area contributed by atoms with Crippen LogP contribution in [0.4, 0.5) is 0 Å². The largest absolute Gasteiger partial charge is 0.481 e. The number of nitrogens with zero attached hydrogens (tertiary/aromatic N) is 1. The smallest absolute Gasteiger partial charge is 0.311 e. The topological polar surface area (TPSA) is 59.3 Å². The summed E-state index contributed by atoms with van der Waals surface area (Å²) in [6, 6.07) is 15.1. The number of carboxylic acids is 1. The van der Waals surface area contributed by atoms with E-state index in [1.165, 1.54) is 0 Å². The predicted octanol–water partition coefficient (Wildman–Crippen LogP) is 4.14. The van der Waals surface area contributed by atoms with Gasteiger partial charge in [-0.05, 0) is 56.0 Å². The van der Waals surface area contributed by atoms with Gasteiger partial charge in [0.25, 0.3) is 5.91 Å². The number of hydrogen-bond acceptors (Lipinski definition) is 2. The number of aryl methyl sites for hydroxylation is 1. The molecular formula is C21H19NO3. The molecule has 3 aromatic rings. The third kappa shape index (κ3) is 2.45. The zero-order valence-corrected chi connectivity index (χ0v) is 14.0. The summed E-state index contributed by atoms with van der Waals surface area (Å²) in [6.07, 6.45) is 2.13. The van der Waals surface area contributed by atoms with Crippen molar-refractivity contribution < 1.29 is 14.7 Å². The predicted molar refractivity (Wildman–Crippen MR) is 96.2 cm³/mol. The summed E-state index contributed by atoms with van der Waals surface area (Å²) in [4.78, 5) is 25.0. The van der Waals surface area contributed by atoms with Gasteiger partial charge in [-0.1, -0.05) is 29.8 Å². The van der Waals surface area contributed by atoms with E-state index in [1.807, 2.05) is 43.3 Å². The Morgan fingerprint density at radius 1 is 1.12 bits per heavy atom. The Hall–Kier alpha value is -2.88. The quantitative estimate of drug-likeness (QED) is 0.766. The number of hydrogen-bond donors (Lipinski definition) is 1. The molecule has 1 atom stereocenters. The van der Waals surface area contributed by atoms with E-state index in [1.54, 1.807) is 16.7 Å². The van der Waals surface area contributed by atoms with Gasteiger partial charge < -0.3 is 5.11 Å². The molecule has 1 aliphatic carbocycles. The molecule has 0 fully saturated rings. The second-order valence-electron chi connectivity index (χ2n) is 6.67. The number of carbonyl (C=O) groups is 2. The van der Waals surface area contributed by atoms with Gasteiger partial charge in [0, 0.05) is 16.6 Å². The minimum atomic E-state index is -0.811. The molecule has 126 valence electrons. The van der Waals surface area contributed by atoms with Gasteiger partial charge >= 0.3 is 5.97 Å². The molecule has 0 aliphatic heterocycles. The molecule has 4 rings (SSSR count). The number of carbonyl (C=O) groups excluding carboxylic acids is 1. The van der Waals surface area contributed by atoms with Crippen molar-refractivity contribution in [3.8, 4) is 0 Å². The van der Waals surface area contributed by atoms with Crippen molar-refractivity contribution >= 4 is 22.8 Å². The van der Waals surface area contributed by atoms with E-state index >= 15 is 0 Å². The zero-order valence-electron chi connectivity index (χ0n) is 14.0. The zero-order chi connectivity index (χ0) is 17.6. The summed E-state index contributed by atoms with van der Waals surface area (Å²) in [6.45, 7) is 1.99. The number of carboxylic acid groups (broad SMARTS) is 1. The molecule has 0 saturated heterocycles. The van der Waals surface area contributed by atoms with Gasteiger partial charge in [0.2, 0.25) is 0 Å². The van der Waals surface area contributed by atoms with Crippen molar-refractivity contribution in [3.05, 3.63) is 70.9 Å². The van der Waals surface area contributed by atoms with Crippen LogP contribution in [-0.4, -0.2) is 21.6 Å². The minimum absolute atomic E-state index is 0.0956. The van der Waals surface area contributed by atoms with Crippen LogP contribution in [0.1, 0.15) is 45.9 Å². The lowest BCUT2D eigenvalue weighted by Crippen LogP contribution is -2.21. The molecule has 0 radical (unpaired) electrons. The van der Waals surface area contributed by atoms with Crippen LogP contribution in [0.3, 0.4) is 0 Å². The maximum atomic E-state index is 13.2. The lowest BCUT2D eigenvalue weighted by molar-refractivity contribution is -0.139. The van der Waals surface area contributed by atoms with Gasteiger partial charge in [-0.3, -0.25) is 14.2 Å². The number of aromatic nitrogens is 1. The summed E-state index contributed by atoms with van der Waals surface area (Å²) >= 11 is 0. The molecule has 1 heterocycles. The van der Waals surface area contributed by atoms with Crippen molar-refractivity contribution in [3.63, 3.8) is 0 Å². The van der Waals surface area contributed by atoms with Crippen molar-refractivity contribution in [2.75, 3.05) is 0 Å². The number of aliphatic carboxylic acids is 1. The van der Waals surface area contributed by atoms with Crippen LogP contribution in [0.25, 0.3) is 10.9 Å². The summed E-state index contributed by atoms with van der Waals surface area (Å²) in [5.74, 6) is -1.45. The fraction of sp³-hybridized carbons (Fsp3) is 0.238. The van der Waals surface area contributed by atoms with Crippen LogP contribution in [0, 0.1) is 6.92 Å². The molecule has 1 unspecified atom stereocenters. The Labute approximate surface area is 145 Å². The van der Waals surface area contributed by atoms with E-state index in [4.69, 9.17) is 0 Å². The van der Waals surface area contributed by atoms with Gasteiger partial charge in [0.1, 0.15) is 0 Å². The lowest BCUT2D eigenvalue weighted by atomic mass is 9.85. The van der Waals surface area contributed by atoms with Crippen LogP contribution in [0.15, 0.2) is 48.5 Å². The van der Waals surface area contributed by atoms with Crippen LogP contribution < -0.4 is 0 Å². The van der Waals surface area contributed by atoms with Crippen LogP contribution >= 0.6 is 0 Å². The van der Waals surface area contributed by atoms with Crippen molar-refractivity contribution in [1.29, 1.82) is 0 Å². The van der Waals surface area contributed by atoms with Crippen LogP contribution in [-0.2, 0) is 11.2 Å². The van der Waals surface area contributed by atoms with Crippen molar-refractivity contribution in [2.45, 2.75) is 32.1 Å². The minimum Gasteiger partial charge on any atom is -0.481 e. The van der Waals surface area contributed by atoms with E-state index in [9.17, 15) is 14.7 Å². The van der Waals surface area contributed by atoms with E-state index in [2.05, 4.69) is 0 Å². The standard InChI is InChI=1S/C21H19NO3/c1-13-10-11-17-16(12-13)19-15(21(24)25)8-5-9-18(19)22(17)20(23)14-6-3-2-4-7-14/h2-4,6-7,10-12,15H,5,8-9H2,1H3,(H,24,25). The number of benzene rings is 2. The number of rotatable bonds is 2. The molecule has 0 spiro atoms. The Balaban J connectivity index is 2.02. The monoisotopic (exact) mass is 333 g/mol. The fourth-order valence-electron chi connectivity index (χ4n) is 3.92. The molecule has 2 aromatic carbocycles. The van der Waals surface area contributed by atoms with E-state index in [0.29, 0.717) is 12.0 Å². The summed E-state index contributed by atoms with van der Waals surface area (Å²) in [7, 11) is 0. The highest BCUT2D eigenvalue weighted by molar-refractivity contribution is 6.05. The maximum Gasteiger partial charge on any atom is 0.311 e. The highest BCUT2D eigenvalue weighted by Gasteiger charge is 2.33. The summed E-state index contributed by atoms with van der Waals surface area (Å²) in [5, 5.41) is 10.6. The second-order valence-corrected chi connectivity index (χ2v) is 6.67. The van der Waals surface area contributed by atoms with Crippen LogP contribution in [0.5, 0.6) is 0 Å². The van der Waals surface area contributed by atoms with E-state index in [0.717, 1.165) is 40.6 Å². The molecular weight excluding hydrogens is 314 g/mol. The summed E-state index contributed by atoms with van der Waals surface area (Å²) in [5.41, 5.74) is 4.15. The SMILES string of the molecule is Cc1ccc2c(c1)c1c(n2C(=O)c2ccccc2)CCCC1C(=O)O. The first-order valence-electron chi connectivity index (χ1n) is 8.54. The first-order valence-corrected chi connectivity index (χ1v) is 8.54. The molecule has 1 aliphatic rings. The fourth-order valence-corrected chi connectivity index (χ4v) is 3.92. The van der Waals surface area contributed by atoms with Gasteiger partial charge in [0.05, 0.1) is 11.4 Å². The second kappa shape index (κ2) is 5.88. The van der Waals surface area contributed by atoms with Gasteiger partial charge in [0.15, 0.2) is 0 Å². The molecule has 0 saturated carbocycles. The van der Waals surface area contributed by atoms with E-state index < -0.39 is 11.9 Å². The van der Waals surface area contributed by atoms with Crippen molar-refractivity contribution in [2.24, 2.45) is 0 Å². The number of fused-ring (bicyclic) bond motifs is 3. The molecule has 25 heavy (non-hydrogen) atoms. The molecule has 1 aromatic heterocycles. The van der Waals surface area contributed by atoms with Gasteiger partial charge in [-0.2, -0.15) is 0 Å². The maximum absolute atomic E-state index is 13.2. The average molecular weight is 333 g/mol. The Morgan fingerprint density at radius 2 is 1.88 bits per heavy atom. The molecule has 4 nitrogen and oxygen atoms in total. The third-order valence-electron chi connectivity index (χ3n) is 5.04. The van der Waals surface area contributed by atoms with Crippen molar-refractivity contribution in [1.82, 2.24) is 4.57 Å². The highest BCUT2D eigenvalue weighted by Crippen LogP contribution is 2.40. The highest BCUT2D eigenvalue weighted by atomic mass is 16.4. The summed E-state index contributed by atoms with van der Waals surface area (Å²) < 4.78 is 1.73. The average Bonchev–Trinajstić information content (AvgIpc) is 2.95. The Kier molecular flexibility index (Phi) is 3.68. The first-order chi connectivity index (χ1) is 12.1.